The molecule has 4 aliphatic carbocycles. The summed E-state index contributed by atoms with van der Waals surface area (Å²) in [5.74, 6) is 2.47. The minimum atomic E-state index is -0.594. The molecule has 0 radical (unpaired) electrons. The minimum Gasteiger partial charge on any atom is -0.242 e. The van der Waals surface area contributed by atoms with Crippen molar-refractivity contribution in [3.8, 4) is 0 Å². The van der Waals surface area contributed by atoms with Crippen molar-refractivity contribution in [2.45, 2.75) is 43.9 Å². The number of hydrogen-bond acceptors (Lipinski definition) is 5. The molecule has 0 amide bonds. The summed E-state index contributed by atoms with van der Waals surface area (Å²) in [5.41, 5.74) is 2.78. The fourth-order valence-electron chi connectivity index (χ4n) is 5.10. The van der Waals surface area contributed by atoms with Gasteiger partial charge in [0, 0.05) is 5.41 Å². The average Bonchev–Trinajstić information content (AvgIpc) is 2.74. The summed E-state index contributed by atoms with van der Waals surface area (Å²) < 4.78 is 4.77. The van der Waals surface area contributed by atoms with Crippen molar-refractivity contribution in [2.75, 3.05) is 5.43 Å². The molecule has 7 nitrogen and oxygen atoms in total. The van der Waals surface area contributed by atoms with E-state index in [1.54, 1.807) is 0 Å². The first kappa shape index (κ1) is 11.2. The van der Waals surface area contributed by atoms with Crippen LogP contribution in [0.3, 0.4) is 0 Å². The van der Waals surface area contributed by atoms with Crippen LogP contribution in [0.4, 0.5) is 5.82 Å². The Morgan fingerprint density at radius 1 is 1.16 bits per heavy atom. The smallest absolute Gasteiger partial charge is 0.242 e. The maximum absolute atomic E-state index is 10.6. The van der Waals surface area contributed by atoms with Crippen molar-refractivity contribution < 1.29 is 9.66 Å². The van der Waals surface area contributed by atoms with E-state index < -0.39 is 5.03 Å². The van der Waals surface area contributed by atoms with Crippen molar-refractivity contribution in [1.29, 1.82) is 0 Å². The second-order valence-corrected chi connectivity index (χ2v) is 6.53. The minimum absolute atomic E-state index is 0.0346. The van der Waals surface area contributed by atoms with E-state index in [4.69, 9.17) is 4.63 Å². The maximum Gasteiger partial charge on any atom is 0.257 e. The standard InChI is InChI=1S/C12H16N4O3/c17-16(18)13-11-10(14-19-15-11)12-4-7-1-8(5-12)3-9(2-7)6-12/h7-9H,1-6H2,(H,13,15). The van der Waals surface area contributed by atoms with Crippen LogP contribution in [0.25, 0.3) is 0 Å². The van der Waals surface area contributed by atoms with E-state index in [0.717, 1.165) is 37.0 Å². The SMILES string of the molecule is O=[N+]([O-])Nc1nonc1C12CC3CC(CC(C3)C1)C2. The van der Waals surface area contributed by atoms with E-state index in [2.05, 4.69) is 15.7 Å². The number of rotatable bonds is 3. The average molecular weight is 264 g/mol. The third-order valence-corrected chi connectivity index (χ3v) is 5.23. The monoisotopic (exact) mass is 264 g/mol. The van der Waals surface area contributed by atoms with Crippen LogP contribution in [0.5, 0.6) is 0 Å². The molecule has 5 rings (SSSR count). The Morgan fingerprint density at radius 3 is 2.26 bits per heavy atom. The molecule has 102 valence electrons. The van der Waals surface area contributed by atoms with Gasteiger partial charge in [0.1, 0.15) is 5.69 Å². The summed E-state index contributed by atoms with van der Waals surface area (Å²) in [6.07, 6.45) is 7.21. The van der Waals surface area contributed by atoms with E-state index in [-0.39, 0.29) is 11.2 Å². The Bertz CT molecular complexity index is 492. The Balaban J connectivity index is 1.72. The molecule has 1 heterocycles. The molecule has 0 saturated heterocycles. The number of aromatic nitrogens is 2. The lowest BCUT2D eigenvalue weighted by molar-refractivity contribution is -0.445. The van der Waals surface area contributed by atoms with E-state index in [1.165, 1.54) is 19.3 Å². The molecule has 4 aliphatic rings. The van der Waals surface area contributed by atoms with Crippen molar-refractivity contribution in [3.63, 3.8) is 0 Å². The number of anilines is 1. The predicted octanol–water partition coefficient (Wildman–Crippen LogP) is 2.14. The highest BCUT2D eigenvalue weighted by molar-refractivity contribution is 5.42. The van der Waals surface area contributed by atoms with Crippen molar-refractivity contribution >= 4 is 5.82 Å². The highest BCUT2D eigenvalue weighted by Crippen LogP contribution is 2.61. The first-order valence-corrected chi connectivity index (χ1v) is 6.89. The van der Waals surface area contributed by atoms with Crippen LogP contribution in [0.15, 0.2) is 4.63 Å². The van der Waals surface area contributed by atoms with Crippen LogP contribution in [-0.4, -0.2) is 15.3 Å². The maximum atomic E-state index is 10.6. The van der Waals surface area contributed by atoms with Gasteiger partial charge < -0.3 is 0 Å². The Labute approximate surface area is 109 Å². The van der Waals surface area contributed by atoms with E-state index in [1.807, 2.05) is 0 Å². The molecule has 1 aromatic heterocycles. The summed E-state index contributed by atoms with van der Waals surface area (Å²) in [4.78, 5) is 10.6. The number of nitro groups is 1. The molecule has 0 unspecified atom stereocenters. The Hall–Kier alpha value is -1.66. The quantitative estimate of drug-likeness (QED) is 0.664. The first-order valence-electron chi connectivity index (χ1n) is 6.89. The fourth-order valence-corrected chi connectivity index (χ4v) is 5.10. The molecule has 7 heteroatoms. The van der Waals surface area contributed by atoms with E-state index in [9.17, 15) is 10.1 Å². The van der Waals surface area contributed by atoms with Gasteiger partial charge in [0.2, 0.25) is 0 Å². The van der Waals surface area contributed by atoms with Gasteiger partial charge in [0.15, 0.2) is 5.03 Å². The first-order chi connectivity index (χ1) is 9.14. The molecule has 0 aliphatic heterocycles. The van der Waals surface area contributed by atoms with Gasteiger partial charge in [-0.1, -0.05) is 10.6 Å². The van der Waals surface area contributed by atoms with Gasteiger partial charge in [-0.3, -0.25) is 0 Å². The van der Waals surface area contributed by atoms with Gasteiger partial charge in [-0.15, -0.1) is 0 Å². The van der Waals surface area contributed by atoms with Crippen molar-refractivity contribution in [3.05, 3.63) is 15.8 Å². The fraction of sp³-hybridized carbons (Fsp3) is 0.833. The number of hydrazine groups is 1. The predicted molar refractivity (Wildman–Crippen MR) is 64.8 cm³/mol. The summed E-state index contributed by atoms with van der Waals surface area (Å²) >= 11 is 0. The lowest BCUT2D eigenvalue weighted by atomic mass is 9.49. The molecule has 1 aromatic rings. The van der Waals surface area contributed by atoms with Gasteiger partial charge in [0.25, 0.3) is 5.82 Å². The van der Waals surface area contributed by atoms with Crippen molar-refractivity contribution in [2.24, 2.45) is 17.8 Å². The number of nitrogens with zero attached hydrogens (tertiary/aromatic N) is 3. The van der Waals surface area contributed by atoms with Crippen LogP contribution >= 0.6 is 0 Å². The largest absolute Gasteiger partial charge is 0.257 e. The van der Waals surface area contributed by atoms with Crippen LogP contribution in [-0.2, 0) is 5.41 Å². The number of nitrogens with one attached hydrogen (secondary N) is 1. The summed E-state index contributed by atoms with van der Waals surface area (Å²) in [6, 6.07) is 0. The lowest BCUT2D eigenvalue weighted by Crippen LogP contribution is -2.49. The van der Waals surface area contributed by atoms with Gasteiger partial charge in [-0.05, 0) is 61.4 Å². The molecule has 1 N–H and O–H groups in total. The second kappa shape index (κ2) is 3.68. The lowest BCUT2D eigenvalue weighted by Gasteiger charge is -2.55. The van der Waals surface area contributed by atoms with Crippen molar-refractivity contribution in [1.82, 2.24) is 10.3 Å². The zero-order valence-electron chi connectivity index (χ0n) is 10.5. The van der Waals surface area contributed by atoms with E-state index >= 15 is 0 Å². The topological polar surface area (TPSA) is 94.1 Å². The molecular formula is C12H16N4O3. The highest BCUT2D eigenvalue weighted by Gasteiger charge is 2.54. The normalized spacial score (nSPS) is 39.5. The van der Waals surface area contributed by atoms with Crippen LogP contribution < -0.4 is 5.43 Å². The molecule has 4 fully saturated rings. The zero-order valence-corrected chi connectivity index (χ0v) is 10.5. The molecule has 0 aromatic carbocycles. The number of hydrogen-bond donors (Lipinski definition) is 1. The van der Waals surface area contributed by atoms with Gasteiger partial charge >= 0.3 is 0 Å². The summed E-state index contributed by atoms with van der Waals surface area (Å²) in [5, 5.41) is 17.7. The van der Waals surface area contributed by atoms with Crippen LogP contribution in [0.2, 0.25) is 0 Å². The Kier molecular flexibility index (Phi) is 2.17. The molecular weight excluding hydrogens is 248 g/mol. The van der Waals surface area contributed by atoms with Gasteiger partial charge in [-0.2, -0.15) is 0 Å². The molecule has 0 spiro atoms. The molecule has 4 bridgehead atoms. The second-order valence-electron chi connectivity index (χ2n) is 6.53. The third kappa shape index (κ3) is 1.63. The molecule has 19 heavy (non-hydrogen) atoms. The van der Waals surface area contributed by atoms with Crippen LogP contribution in [0.1, 0.15) is 44.2 Å². The Morgan fingerprint density at radius 2 is 1.74 bits per heavy atom. The molecule has 0 atom stereocenters. The van der Waals surface area contributed by atoms with Gasteiger partial charge in [0.05, 0.1) is 0 Å². The summed E-state index contributed by atoms with van der Waals surface area (Å²) in [6.45, 7) is 0. The third-order valence-electron chi connectivity index (χ3n) is 5.23. The van der Waals surface area contributed by atoms with Gasteiger partial charge in [-0.25, -0.2) is 14.7 Å². The van der Waals surface area contributed by atoms with E-state index in [0.29, 0.717) is 5.69 Å². The summed E-state index contributed by atoms with van der Waals surface area (Å²) in [7, 11) is 0. The highest BCUT2D eigenvalue weighted by atomic mass is 16.7. The zero-order chi connectivity index (χ0) is 13.0. The molecule has 4 saturated carbocycles. The van der Waals surface area contributed by atoms with Crippen LogP contribution in [0, 0.1) is 27.9 Å².